The molecule has 0 N–H and O–H groups in total. The summed E-state index contributed by atoms with van der Waals surface area (Å²) in [7, 11) is 1.76. The van der Waals surface area contributed by atoms with Crippen LogP contribution in [0.25, 0.3) is 6.08 Å². The second kappa shape index (κ2) is 12.6. The van der Waals surface area contributed by atoms with Crippen molar-refractivity contribution in [2.24, 2.45) is 7.05 Å². The summed E-state index contributed by atoms with van der Waals surface area (Å²) in [4.78, 5) is 33.5. The minimum atomic E-state index is -0.00998. The van der Waals surface area contributed by atoms with Crippen molar-refractivity contribution in [2.75, 3.05) is 38.5 Å². The van der Waals surface area contributed by atoms with Gasteiger partial charge < -0.3 is 4.90 Å². The van der Waals surface area contributed by atoms with Crippen molar-refractivity contribution in [1.82, 2.24) is 19.4 Å². The molecule has 0 spiro atoms. The first-order valence-electron chi connectivity index (χ1n) is 11.5. The molecular weight excluding hydrogens is 420 g/mol. The highest BCUT2D eigenvalue weighted by molar-refractivity contribution is 7.99. The van der Waals surface area contributed by atoms with E-state index in [9.17, 15) is 9.59 Å². The van der Waals surface area contributed by atoms with E-state index in [0.717, 1.165) is 68.6 Å². The number of piperazine rings is 1. The predicted octanol–water partition coefficient (Wildman–Crippen LogP) is 3.46. The molecule has 1 aromatic heterocycles. The number of aromatic nitrogens is 2. The molecule has 172 valence electrons. The number of carbonyl (C=O) groups excluding carboxylic acids is 1. The molecule has 0 atom stereocenters. The second-order valence-corrected chi connectivity index (χ2v) is 9.14. The van der Waals surface area contributed by atoms with Crippen LogP contribution in [0, 0.1) is 0 Å². The van der Waals surface area contributed by atoms with Gasteiger partial charge >= 0.3 is 0 Å². The molecule has 0 saturated carbocycles. The number of benzene rings is 1. The minimum Gasteiger partial charge on any atom is -0.340 e. The van der Waals surface area contributed by atoms with Gasteiger partial charge in [-0.15, -0.1) is 0 Å². The third kappa shape index (κ3) is 7.35. The van der Waals surface area contributed by atoms with E-state index in [1.807, 2.05) is 30.0 Å². The van der Waals surface area contributed by atoms with Crippen LogP contribution in [0.15, 0.2) is 52.4 Å². The molecule has 1 aliphatic rings. The fourth-order valence-electron chi connectivity index (χ4n) is 3.66. The quantitative estimate of drug-likeness (QED) is 0.313. The molecule has 6 nitrogen and oxygen atoms in total. The number of hydrogen-bond acceptors (Lipinski definition) is 5. The van der Waals surface area contributed by atoms with E-state index in [1.54, 1.807) is 29.4 Å². The van der Waals surface area contributed by atoms with Gasteiger partial charge in [-0.05, 0) is 24.8 Å². The van der Waals surface area contributed by atoms with Gasteiger partial charge in [0.25, 0.3) is 5.56 Å². The fourth-order valence-corrected chi connectivity index (χ4v) is 4.65. The second-order valence-electron chi connectivity index (χ2n) is 8.08. The number of carbonyl (C=O) groups is 1. The Morgan fingerprint density at radius 3 is 2.59 bits per heavy atom. The Hall–Kier alpha value is -2.38. The molecule has 1 amide bonds. The largest absolute Gasteiger partial charge is 0.340 e. The van der Waals surface area contributed by atoms with E-state index in [2.05, 4.69) is 34.2 Å². The summed E-state index contributed by atoms with van der Waals surface area (Å²) in [5, 5.41) is 0.762. The topological polar surface area (TPSA) is 58.4 Å². The summed E-state index contributed by atoms with van der Waals surface area (Å²) in [5.41, 5.74) is 2.04. The lowest BCUT2D eigenvalue weighted by atomic mass is 10.2. The molecule has 1 aliphatic heterocycles. The summed E-state index contributed by atoms with van der Waals surface area (Å²) in [6.45, 7) is 6.39. The van der Waals surface area contributed by atoms with Crippen LogP contribution in [0.5, 0.6) is 0 Å². The fraction of sp³-hybridized carbons (Fsp3) is 0.480. The molecule has 0 bridgehead atoms. The van der Waals surface area contributed by atoms with Crippen molar-refractivity contribution >= 4 is 23.7 Å². The maximum Gasteiger partial charge on any atom is 0.254 e. The van der Waals surface area contributed by atoms with Crippen molar-refractivity contribution in [3.8, 4) is 0 Å². The van der Waals surface area contributed by atoms with E-state index in [-0.39, 0.29) is 11.5 Å². The van der Waals surface area contributed by atoms with Crippen molar-refractivity contribution in [2.45, 2.75) is 37.8 Å². The standard InChI is InChI=1S/C25H34N4O2S/c1-3-22-20-24(31)27(2)25(26-22)32-19-8-7-13-23(30)29-17-15-28(16-18-29)14-9-12-21-10-5-4-6-11-21/h4-6,9-12,20H,3,7-8,13-19H2,1-2H3/b12-9+. The predicted molar refractivity (Wildman–Crippen MR) is 132 cm³/mol. The van der Waals surface area contributed by atoms with Gasteiger partial charge in [-0.3, -0.25) is 19.1 Å². The van der Waals surface area contributed by atoms with Crippen LogP contribution < -0.4 is 5.56 Å². The zero-order valence-corrected chi connectivity index (χ0v) is 20.0. The Morgan fingerprint density at radius 1 is 1.12 bits per heavy atom. The van der Waals surface area contributed by atoms with E-state index in [4.69, 9.17) is 0 Å². The van der Waals surface area contributed by atoms with Crippen LogP contribution >= 0.6 is 11.8 Å². The maximum atomic E-state index is 12.5. The van der Waals surface area contributed by atoms with Gasteiger partial charge in [0.05, 0.1) is 0 Å². The molecule has 1 saturated heterocycles. The average Bonchev–Trinajstić information content (AvgIpc) is 2.82. The maximum absolute atomic E-state index is 12.5. The zero-order chi connectivity index (χ0) is 22.8. The van der Waals surface area contributed by atoms with Crippen LogP contribution in [-0.2, 0) is 18.3 Å². The highest BCUT2D eigenvalue weighted by Gasteiger charge is 2.19. The normalized spacial score (nSPS) is 14.9. The smallest absolute Gasteiger partial charge is 0.254 e. The van der Waals surface area contributed by atoms with Gasteiger partial charge in [-0.2, -0.15) is 0 Å². The van der Waals surface area contributed by atoms with Gasteiger partial charge in [0.1, 0.15) is 0 Å². The molecule has 0 radical (unpaired) electrons. The van der Waals surface area contributed by atoms with E-state index >= 15 is 0 Å². The summed E-state index contributed by atoms with van der Waals surface area (Å²) in [6.07, 6.45) is 7.51. The molecule has 7 heteroatoms. The molecular formula is C25H34N4O2S. The number of unbranched alkanes of at least 4 members (excludes halogenated alkanes) is 1. The van der Waals surface area contributed by atoms with Crippen molar-refractivity contribution in [1.29, 1.82) is 0 Å². The molecule has 1 aromatic carbocycles. The van der Waals surface area contributed by atoms with Crippen molar-refractivity contribution in [3.63, 3.8) is 0 Å². The van der Waals surface area contributed by atoms with Gasteiger partial charge in [0, 0.05) is 63.7 Å². The molecule has 32 heavy (non-hydrogen) atoms. The van der Waals surface area contributed by atoms with Gasteiger partial charge in [-0.25, -0.2) is 4.98 Å². The highest BCUT2D eigenvalue weighted by atomic mass is 32.2. The van der Waals surface area contributed by atoms with Gasteiger partial charge in [0.15, 0.2) is 5.16 Å². The Balaban J connectivity index is 1.31. The third-order valence-corrected chi connectivity index (χ3v) is 6.84. The van der Waals surface area contributed by atoms with E-state index in [0.29, 0.717) is 6.42 Å². The zero-order valence-electron chi connectivity index (χ0n) is 19.2. The first-order chi connectivity index (χ1) is 15.6. The number of aryl methyl sites for hydroxylation is 1. The number of thioether (sulfide) groups is 1. The van der Waals surface area contributed by atoms with Crippen LogP contribution in [-0.4, -0.2) is 63.7 Å². The van der Waals surface area contributed by atoms with Crippen LogP contribution in [0.1, 0.15) is 37.4 Å². The Bertz CT molecular complexity index is 950. The van der Waals surface area contributed by atoms with Crippen LogP contribution in [0.3, 0.4) is 0 Å². The van der Waals surface area contributed by atoms with E-state index in [1.165, 1.54) is 5.56 Å². The number of rotatable bonds is 10. The van der Waals surface area contributed by atoms with Crippen molar-refractivity contribution < 1.29 is 4.79 Å². The van der Waals surface area contributed by atoms with Gasteiger partial charge in [-0.1, -0.05) is 61.2 Å². The molecule has 2 aromatic rings. The highest BCUT2D eigenvalue weighted by Crippen LogP contribution is 2.17. The molecule has 3 rings (SSSR count). The van der Waals surface area contributed by atoms with Crippen LogP contribution in [0.4, 0.5) is 0 Å². The monoisotopic (exact) mass is 454 g/mol. The molecule has 2 heterocycles. The van der Waals surface area contributed by atoms with Crippen molar-refractivity contribution in [3.05, 3.63) is 64.1 Å². The number of nitrogens with zero attached hydrogens (tertiary/aromatic N) is 4. The third-order valence-electron chi connectivity index (χ3n) is 5.72. The summed E-state index contributed by atoms with van der Waals surface area (Å²) >= 11 is 1.60. The Labute approximate surface area is 195 Å². The lowest BCUT2D eigenvalue weighted by Crippen LogP contribution is -2.48. The lowest BCUT2D eigenvalue weighted by molar-refractivity contribution is -0.132. The first-order valence-corrected chi connectivity index (χ1v) is 12.5. The molecule has 0 unspecified atom stereocenters. The van der Waals surface area contributed by atoms with Gasteiger partial charge in [0.2, 0.25) is 5.91 Å². The number of hydrogen-bond donors (Lipinski definition) is 0. The Kier molecular flexibility index (Phi) is 9.56. The van der Waals surface area contributed by atoms with E-state index < -0.39 is 0 Å². The molecule has 0 aliphatic carbocycles. The number of amides is 1. The summed E-state index contributed by atoms with van der Waals surface area (Å²) in [5.74, 6) is 1.12. The summed E-state index contributed by atoms with van der Waals surface area (Å²) in [6, 6.07) is 11.9. The van der Waals surface area contributed by atoms with Crippen LogP contribution in [0.2, 0.25) is 0 Å². The average molecular weight is 455 g/mol. The summed E-state index contributed by atoms with van der Waals surface area (Å²) < 4.78 is 1.60. The lowest BCUT2D eigenvalue weighted by Gasteiger charge is -2.34. The Morgan fingerprint density at radius 2 is 1.88 bits per heavy atom. The SMILES string of the molecule is CCc1cc(=O)n(C)c(SCCCCC(=O)N2CCN(C/C=C/c3ccccc3)CC2)n1. The minimum absolute atomic E-state index is 0.00998. The molecule has 1 fully saturated rings. The first kappa shape index (κ1) is 24.3.